The number of hydrogen-bond acceptors (Lipinski definition) is 5. The van der Waals surface area contributed by atoms with Crippen LogP contribution in [0.1, 0.15) is 18.1 Å². The normalized spacial score (nSPS) is 11.6. The van der Waals surface area contributed by atoms with Gasteiger partial charge in [-0.1, -0.05) is 17.4 Å². The number of hydrogen-bond donors (Lipinski definition) is 1. The lowest BCUT2D eigenvalue weighted by molar-refractivity contribution is 0.340. The maximum Gasteiger partial charge on any atom is 0.263 e. The molecule has 0 atom stereocenters. The molecule has 1 heterocycles. The third-order valence-corrected chi connectivity index (χ3v) is 5.90. The highest BCUT2D eigenvalue weighted by Crippen LogP contribution is 2.30. The van der Waals surface area contributed by atoms with Crippen LogP contribution in [0.3, 0.4) is 0 Å². The Bertz CT molecular complexity index is 977. The van der Waals surface area contributed by atoms with Crippen LogP contribution in [0.4, 0.5) is 5.13 Å². The number of nitrogens with zero attached hydrogens (tertiary/aromatic N) is 1. The molecule has 0 radical (unpaired) electrons. The molecule has 3 aromatic rings. The van der Waals surface area contributed by atoms with Crippen LogP contribution in [0.5, 0.6) is 5.75 Å². The maximum atomic E-state index is 12.5. The van der Waals surface area contributed by atoms with Gasteiger partial charge in [-0.2, -0.15) is 0 Å². The number of aromatic nitrogens is 1. The smallest absolute Gasteiger partial charge is 0.263 e. The molecular formula is C17H18N2O3S2. The minimum atomic E-state index is -3.67. The second kappa shape index (κ2) is 6.41. The number of thiazole rings is 1. The maximum absolute atomic E-state index is 12.5. The largest absolute Gasteiger partial charge is 0.494 e. The molecule has 0 unspecified atom stereocenters. The van der Waals surface area contributed by atoms with E-state index in [4.69, 9.17) is 4.74 Å². The highest BCUT2D eigenvalue weighted by Gasteiger charge is 2.17. The molecular weight excluding hydrogens is 344 g/mol. The first-order valence-corrected chi connectivity index (χ1v) is 9.82. The Hall–Kier alpha value is -2.12. The molecule has 0 spiro atoms. The van der Waals surface area contributed by atoms with Crippen molar-refractivity contribution in [1.82, 2.24) is 4.98 Å². The van der Waals surface area contributed by atoms with Crippen molar-refractivity contribution in [2.24, 2.45) is 0 Å². The summed E-state index contributed by atoms with van der Waals surface area (Å²) in [4.78, 5) is 4.59. The topological polar surface area (TPSA) is 68.3 Å². The van der Waals surface area contributed by atoms with E-state index in [-0.39, 0.29) is 4.90 Å². The van der Waals surface area contributed by atoms with Gasteiger partial charge in [-0.25, -0.2) is 13.4 Å². The van der Waals surface area contributed by atoms with Crippen LogP contribution in [-0.2, 0) is 10.0 Å². The van der Waals surface area contributed by atoms with E-state index in [1.54, 1.807) is 12.1 Å². The monoisotopic (exact) mass is 362 g/mol. The molecule has 5 nitrogen and oxygen atoms in total. The van der Waals surface area contributed by atoms with Gasteiger partial charge in [-0.3, -0.25) is 4.72 Å². The zero-order chi connectivity index (χ0) is 17.3. The number of fused-ring (bicyclic) bond motifs is 1. The Balaban J connectivity index is 1.90. The third kappa shape index (κ3) is 3.37. The van der Waals surface area contributed by atoms with E-state index < -0.39 is 10.0 Å². The Morgan fingerprint density at radius 3 is 2.54 bits per heavy atom. The van der Waals surface area contributed by atoms with Gasteiger partial charge in [-0.15, -0.1) is 0 Å². The molecule has 0 aliphatic rings. The summed E-state index contributed by atoms with van der Waals surface area (Å²) in [5.41, 5.74) is 2.99. The number of nitrogens with one attached hydrogen (secondary N) is 1. The average Bonchev–Trinajstić information content (AvgIpc) is 2.90. The molecule has 126 valence electrons. The number of ether oxygens (including phenoxy) is 1. The first-order chi connectivity index (χ1) is 11.4. The van der Waals surface area contributed by atoms with Crippen molar-refractivity contribution in [2.45, 2.75) is 25.7 Å². The lowest BCUT2D eigenvalue weighted by atomic mass is 10.1. The fourth-order valence-electron chi connectivity index (χ4n) is 2.47. The zero-order valence-electron chi connectivity index (χ0n) is 13.7. The molecule has 0 fully saturated rings. The minimum Gasteiger partial charge on any atom is -0.494 e. The molecule has 1 N–H and O–H groups in total. The van der Waals surface area contributed by atoms with E-state index in [0.717, 1.165) is 21.3 Å². The Labute approximate surface area is 145 Å². The summed E-state index contributed by atoms with van der Waals surface area (Å²) < 4.78 is 33.9. The van der Waals surface area contributed by atoms with E-state index in [0.29, 0.717) is 17.5 Å². The van der Waals surface area contributed by atoms with Crippen LogP contribution in [0, 0.1) is 13.8 Å². The number of anilines is 1. The van der Waals surface area contributed by atoms with E-state index in [9.17, 15) is 8.42 Å². The van der Waals surface area contributed by atoms with Gasteiger partial charge < -0.3 is 4.74 Å². The quantitative estimate of drug-likeness (QED) is 0.741. The van der Waals surface area contributed by atoms with Crippen molar-refractivity contribution in [3.05, 3.63) is 47.5 Å². The Kier molecular flexibility index (Phi) is 4.47. The summed E-state index contributed by atoms with van der Waals surface area (Å²) in [5, 5.41) is 0.368. The molecule has 7 heteroatoms. The lowest BCUT2D eigenvalue weighted by Gasteiger charge is -2.06. The van der Waals surface area contributed by atoms with E-state index in [2.05, 4.69) is 9.71 Å². The molecule has 0 amide bonds. The van der Waals surface area contributed by atoms with Gasteiger partial charge in [0.05, 0.1) is 21.7 Å². The predicted molar refractivity (Wildman–Crippen MR) is 97.5 cm³/mol. The molecule has 24 heavy (non-hydrogen) atoms. The Morgan fingerprint density at radius 2 is 1.88 bits per heavy atom. The van der Waals surface area contributed by atoms with Crippen LogP contribution in [0.15, 0.2) is 41.3 Å². The number of benzene rings is 2. The van der Waals surface area contributed by atoms with Crippen molar-refractivity contribution in [1.29, 1.82) is 0 Å². The Morgan fingerprint density at radius 1 is 1.17 bits per heavy atom. The second-order valence-corrected chi connectivity index (χ2v) is 8.17. The van der Waals surface area contributed by atoms with Crippen LogP contribution >= 0.6 is 11.3 Å². The van der Waals surface area contributed by atoms with Gasteiger partial charge in [0, 0.05) is 0 Å². The van der Waals surface area contributed by atoms with Crippen molar-refractivity contribution < 1.29 is 13.2 Å². The molecule has 0 bridgehead atoms. The first kappa shape index (κ1) is 16.7. The van der Waals surface area contributed by atoms with Gasteiger partial charge >= 0.3 is 0 Å². The molecule has 0 saturated heterocycles. The minimum absolute atomic E-state index is 0.179. The highest BCUT2D eigenvalue weighted by molar-refractivity contribution is 7.93. The summed E-state index contributed by atoms with van der Waals surface area (Å²) in [5.74, 6) is 0.641. The number of sulfonamides is 1. The summed E-state index contributed by atoms with van der Waals surface area (Å²) in [6.07, 6.45) is 0. The number of rotatable bonds is 5. The van der Waals surface area contributed by atoms with E-state index in [1.165, 1.54) is 23.5 Å². The number of aryl methyl sites for hydroxylation is 2. The van der Waals surface area contributed by atoms with Gasteiger partial charge in [0.15, 0.2) is 5.13 Å². The fourth-order valence-corrected chi connectivity index (χ4v) is 4.75. The van der Waals surface area contributed by atoms with Crippen LogP contribution in [-0.4, -0.2) is 20.0 Å². The molecule has 2 aromatic carbocycles. The molecule has 1 aromatic heterocycles. The highest BCUT2D eigenvalue weighted by atomic mass is 32.2. The SMILES string of the molecule is CCOc1ccc(S(=O)(=O)Nc2nc3c(C)cc(C)cc3s2)cc1. The van der Waals surface area contributed by atoms with Crippen molar-refractivity contribution in [2.75, 3.05) is 11.3 Å². The van der Waals surface area contributed by atoms with Gasteiger partial charge in [0.25, 0.3) is 10.0 Å². The second-order valence-electron chi connectivity index (χ2n) is 5.46. The molecule has 0 saturated carbocycles. The van der Waals surface area contributed by atoms with Crippen LogP contribution in [0.25, 0.3) is 10.2 Å². The van der Waals surface area contributed by atoms with Crippen molar-refractivity contribution in [3.63, 3.8) is 0 Å². The van der Waals surface area contributed by atoms with Crippen LogP contribution in [0.2, 0.25) is 0 Å². The van der Waals surface area contributed by atoms with Gasteiger partial charge in [-0.05, 0) is 62.2 Å². The lowest BCUT2D eigenvalue weighted by Crippen LogP contribution is -2.12. The van der Waals surface area contributed by atoms with Crippen molar-refractivity contribution >= 4 is 36.7 Å². The van der Waals surface area contributed by atoms with E-state index >= 15 is 0 Å². The average molecular weight is 362 g/mol. The summed E-state index contributed by atoms with van der Waals surface area (Å²) in [6, 6.07) is 10.4. The summed E-state index contributed by atoms with van der Waals surface area (Å²) in [7, 11) is -3.67. The molecule has 0 aliphatic carbocycles. The zero-order valence-corrected chi connectivity index (χ0v) is 15.3. The molecule has 0 aliphatic heterocycles. The van der Waals surface area contributed by atoms with Crippen molar-refractivity contribution in [3.8, 4) is 5.75 Å². The third-order valence-electron chi connectivity index (χ3n) is 3.50. The fraction of sp³-hybridized carbons (Fsp3) is 0.235. The predicted octanol–water partition coefficient (Wildman–Crippen LogP) is 4.11. The summed E-state index contributed by atoms with van der Waals surface area (Å²) >= 11 is 1.33. The van der Waals surface area contributed by atoms with Gasteiger partial charge in [0.1, 0.15) is 5.75 Å². The van der Waals surface area contributed by atoms with E-state index in [1.807, 2.05) is 32.9 Å². The van der Waals surface area contributed by atoms with Crippen LogP contribution < -0.4 is 9.46 Å². The summed E-state index contributed by atoms with van der Waals surface area (Å²) in [6.45, 7) is 6.40. The standard InChI is InChI=1S/C17H18N2O3S2/c1-4-22-13-5-7-14(8-6-13)24(20,21)19-17-18-16-12(3)9-11(2)10-15(16)23-17/h5-10H,4H2,1-3H3,(H,18,19). The first-order valence-electron chi connectivity index (χ1n) is 7.52. The molecule has 3 rings (SSSR count). The van der Waals surface area contributed by atoms with Gasteiger partial charge in [0.2, 0.25) is 0 Å².